The summed E-state index contributed by atoms with van der Waals surface area (Å²) in [7, 11) is 1.80. The van der Waals surface area contributed by atoms with Crippen LogP contribution in [0.3, 0.4) is 0 Å². The fourth-order valence-corrected chi connectivity index (χ4v) is 3.79. The Morgan fingerprint density at radius 1 is 1.04 bits per heavy atom. The Morgan fingerprint density at radius 2 is 1.79 bits per heavy atom. The minimum Gasteiger partial charge on any atom is -0.496 e. The van der Waals surface area contributed by atoms with Crippen LogP contribution in [0.5, 0.6) is 5.75 Å². The van der Waals surface area contributed by atoms with Crippen LogP contribution in [0.15, 0.2) is 36.4 Å². The molecule has 0 spiro atoms. The normalized spacial score (nSPS) is 17.3. The van der Waals surface area contributed by atoms with Crippen molar-refractivity contribution in [3.63, 3.8) is 0 Å². The Bertz CT molecular complexity index is 662. The molecule has 2 aromatic carbocycles. The summed E-state index contributed by atoms with van der Waals surface area (Å²) in [5.74, 6) is 1.75. The van der Waals surface area contributed by atoms with E-state index in [0.29, 0.717) is 6.04 Å². The second kappa shape index (κ2) is 8.00. The van der Waals surface area contributed by atoms with Crippen molar-refractivity contribution >= 4 is 10.8 Å². The van der Waals surface area contributed by atoms with Gasteiger partial charge in [0.05, 0.1) is 7.11 Å². The molecule has 0 amide bonds. The summed E-state index contributed by atoms with van der Waals surface area (Å²) in [5.41, 5.74) is 1.37. The van der Waals surface area contributed by atoms with Gasteiger partial charge in [-0.25, -0.2) is 0 Å². The Morgan fingerprint density at radius 3 is 2.50 bits per heavy atom. The molecule has 24 heavy (non-hydrogen) atoms. The summed E-state index contributed by atoms with van der Waals surface area (Å²) >= 11 is 0. The van der Waals surface area contributed by atoms with E-state index in [1.54, 1.807) is 7.11 Å². The largest absolute Gasteiger partial charge is 0.496 e. The van der Waals surface area contributed by atoms with Crippen molar-refractivity contribution in [3.05, 3.63) is 42.0 Å². The first-order chi connectivity index (χ1) is 11.7. The lowest BCUT2D eigenvalue weighted by Crippen LogP contribution is -2.45. The van der Waals surface area contributed by atoms with Crippen LogP contribution < -0.4 is 10.1 Å². The van der Waals surface area contributed by atoms with Gasteiger partial charge in [0.15, 0.2) is 0 Å². The van der Waals surface area contributed by atoms with E-state index in [0.717, 1.165) is 37.8 Å². The number of piperazine rings is 1. The number of hydrogen-bond donors (Lipinski definition) is 1. The maximum Gasteiger partial charge on any atom is 0.124 e. The Balaban J connectivity index is 2.06. The van der Waals surface area contributed by atoms with E-state index < -0.39 is 0 Å². The summed E-state index contributed by atoms with van der Waals surface area (Å²) in [5, 5.41) is 6.12. The lowest BCUT2D eigenvalue weighted by molar-refractivity contribution is 0.158. The van der Waals surface area contributed by atoms with E-state index in [4.69, 9.17) is 4.74 Å². The number of methoxy groups -OCH3 is 1. The van der Waals surface area contributed by atoms with Gasteiger partial charge in [0.25, 0.3) is 0 Å². The van der Waals surface area contributed by atoms with Crippen LogP contribution in [0.25, 0.3) is 10.8 Å². The summed E-state index contributed by atoms with van der Waals surface area (Å²) < 4.78 is 5.79. The van der Waals surface area contributed by atoms with Gasteiger partial charge in [-0.1, -0.05) is 44.2 Å². The summed E-state index contributed by atoms with van der Waals surface area (Å²) in [6.07, 6.45) is 2.42. The molecule has 1 saturated heterocycles. The molecule has 1 atom stereocenters. The van der Waals surface area contributed by atoms with Crippen LogP contribution in [0.2, 0.25) is 0 Å². The molecule has 0 aliphatic carbocycles. The number of nitrogens with one attached hydrogen (secondary N) is 1. The molecule has 1 N–H and O–H groups in total. The molecule has 130 valence electrons. The fourth-order valence-electron chi connectivity index (χ4n) is 3.79. The Kier molecular flexibility index (Phi) is 5.75. The summed E-state index contributed by atoms with van der Waals surface area (Å²) in [6, 6.07) is 13.5. The summed E-state index contributed by atoms with van der Waals surface area (Å²) in [4.78, 5) is 2.64. The number of nitrogens with zero attached hydrogens (tertiary/aromatic N) is 1. The highest BCUT2D eigenvalue weighted by Crippen LogP contribution is 2.39. The van der Waals surface area contributed by atoms with Crippen molar-refractivity contribution in [2.24, 2.45) is 5.92 Å². The van der Waals surface area contributed by atoms with Crippen LogP contribution in [0.1, 0.15) is 38.3 Å². The van der Waals surface area contributed by atoms with E-state index in [-0.39, 0.29) is 0 Å². The van der Waals surface area contributed by atoms with Crippen molar-refractivity contribution in [1.82, 2.24) is 10.2 Å². The zero-order valence-electron chi connectivity index (χ0n) is 15.2. The Hall–Kier alpha value is -1.58. The van der Waals surface area contributed by atoms with E-state index in [9.17, 15) is 0 Å². The van der Waals surface area contributed by atoms with Crippen molar-refractivity contribution in [2.45, 2.75) is 32.7 Å². The van der Waals surface area contributed by atoms with Crippen LogP contribution >= 0.6 is 0 Å². The van der Waals surface area contributed by atoms with Gasteiger partial charge in [0, 0.05) is 37.8 Å². The Labute approximate surface area is 146 Å². The van der Waals surface area contributed by atoms with Crippen LogP contribution in [-0.4, -0.2) is 38.2 Å². The van der Waals surface area contributed by atoms with Crippen LogP contribution in [-0.2, 0) is 0 Å². The first-order valence-electron chi connectivity index (χ1n) is 9.21. The third-order valence-electron chi connectivity index (χ3n) is 5.09. The molecule has 0 aromatic heterocycles. The fraction of sp³-hybridized carbons (Fsp3) is 0.524. The molecule has 2 aromatic rings. The lowest BCUT2D eigenvalue weighted by atomic mass is 9.91. The van der Waals surface area contributed by atoms with Crippen molar-refractivity contribution < 1.29 is 4.74 Å². The second-order valence-electron chi connectivity index (χ2n) is 7.18. The highest BCUT2D eigenvalue weighted by atomic mass is 16.5. The average molecular weight is 326 g/mol. The molecular weight excluding hydrogens is 296 g/mol. The molecule has 0 bridgehead atoms. The summed E-state index contributed by atoms with van der Waals surface area (Å²) in [6.45, 7) is 8.99. The van der Waals surface area contributed by atoms with Gasteiger partial charge < -0.3 is 10.1 Å². The zero-order chi connectivity index (χ0) is 16.9. The molecule has 1 fully saturated rings. The van der Waals surface area contributed by atoms with Gasteiger partial charge in [0.2, 0.25) is 0 Å². The molecule has 1 aliphatic heterocycles. The highest BCUT2D eigenvalue weighted by Gasteiger charge is 2.26. The van der Waals surface area contributed by atoms with E-state index in [1.807, 2.05) is 0 Å². The minimum atomic E-state index is 0.426. The average Bonchev–Trinajstić information content (AvgIpc) is 2.62. The number of hydrogen-bond acceptors (Lipinski definition) is 3. The number of fused-ring (bicyclic) bond motifs is 1. The van der Waals surface area contributed by atoms with Gasteiger partial charge in [-0.15, -0.1) is 0 Å². The molecule has 0 radical (unpaired) electrons. The number of rotatable bonds is 6. The SMILES string of the molecule is COc1ccc2ccccc2c1[C@@H](CCC(C)C)N1CCNCC1. The standard InChI is InChI=1S/C21H30N2O/c1-16(2)8-10-19(23-14-12-22-13-15-23)21-18-7-5-4-6-17(18)9-11-20(21)24-3/h4-7,9,11,16,19,22H,8,10,12-15H2,1-3H3/t19-/m1/s1. The molecule has 3 nitrogen and oxygen atoms in total. The monoisotopic (exact) mass is 326 g/mol. The van der Waals surface area contributed by atoms with E-state index in [1.165, 1.54) is 29.2 Å². The third kappa shape index (κ3) is 3.73. The second-order valence-corrected chi connectivity index (χ2v) is 7.18. The topological polar surface area (TPSA) is 24.5 Å². The van der Waals surface area contributed by atoms with Crippen molar-refractivity contribution in [1.29, 1.82) is 0 Å². The zero-order valence-corrected chi connectivity index (χ0v) is 15.2. The quantitative estimate of drug-likeness (QED) is 0.860. The molecule has 3 rings (SSSR count). The maximum absolute atomic E-state index is 5.79. The van der Waals surface area contributed by atoms with Gasteiger partial charge in [0.1, 0.15) is 5.75 Å². The first-order valence-corrected chi connectivity index (χ1v) is 9.21. The van der Waals surface area contributed by atoms with Gasteiger partial charge in [-0.3, -0.25) is 4.90 Å². The molecule has 0 unspecified atom stereocenters. The van der Waals surface area contributed by atoms with E-state index >= 15 is 0 Å². The van der Waals surface area contributed by atoms with Gasteiger partial charge >= 0.3 is 0 Å². The van der Waals surface area contributed by atoms with E-state index in [2.05, 4.69) is 60.5 Å². The number of benzene rings is 2. The highest BCUT2D eigenvalue weighted by molar-refractivity contribution is 5.88. The van der Waals surface area contributed by atoms with Gasteiger partial charge in [-0.05, 0) is 35.6 Å². The minimum absolute atomic E-state index is 0.426. The molecule has 1 aliphatic rings. The van der Waals surface area contributed by atoms with Crippen LogP contribution in [0.4, 0.5) is 0 Å². The molecular formula is C21H30N2O. The lowest BCUT2D eigenvalue weighted by Gasteiger charge is -2.36. The number of ether oxygens (including phenoxy) is 1. The van der Waals surface area contributed by atoms with Crippen molar-refractivity contribution in [2.75, 3.05) is 33.3 Å². The maximum atomic E-state index is 5.79. The predicted molar refractivity (Wildman–Crippen MR) is 102 cm³/mol. The smallest absolute Gasteiger partial charge is 0.124 e. The predicted octanol–water partition coefficient (Wildman–Crippen LogP) is 4.23. The third-order valence-corrected chi connectivity index (χ3v) is 5.09. The van der Waals surface area contributed by atoms with Crippen LogP contribution in [0, 0.1) is 5.92 Å². The molecule has 3 heteroatoms. The first kappa shape index (κ1) is 17.2. The molecule has 0 saturated carbocycles. The van der Waals surface area contributed by atoms with Gasteiger partial charge in [-0.2, -0.15) is 0 Å². The molecule has 1 heterocycles. The van der Waals surface area contributed by atoms with Crippen molar-refractivity contribution in [3.8, 4) is 5.75 Å².